The molecule has 0 atom stereocenters. The summed E-state index contributed by atoms with van der Waals surface area (Å²) in [6.45, 7) is 0.591. The van der Waals surface area contributed by atoms with Crippen molar-refractivity contribution < 1.29 is 19.1 Å². The van der Waals surface area contributed by atoms with Gasteiger partial charge in [0.25, 0.3) is 5.91 Å². The molecule has 7 heteroatoms. The van der Waals surface area contributed by atoms with Crippen LogP contribution in [0.1, 0.15) is 23.2 Å². The third-order valence-electron chi connectivity index (χ3n) is 4.56. The molecule has 2 N–H and O–H groups in total. The van der Waals surface area contributed by atoms with Crippen LogP contribution in [0, 0.1) is 5.92 Å². The number of nitrogens with two attached hydrogens (primary N) is 1. The Labute approximate surface area is 151 Å². The summed E-state index contributed by atoms with van der Waals surface area (Å²) in [4.78, 5) is 37.2. The van der Waals surface area contributed by atoms with Crippen LogP contribution >= 0.6 is 0 Å². The molecule has 0 aliphatic carbocycles. The molecule has 0 bridgehead atoms. The van der Waals surface area contributed by atoms with Crippen molar-refractivity contribution >= 4 is 17.8 Å². The normalized spacial score (nSPS) is 14.8. The van der Waals surface area contributed by atoms with Crippen molar-refractivity contribution in [3.8, 4) is 5.69 Å². The van der Waals surface area contributed by atoms with Gasteiger partial charge in [0, 0.05) is 37.1 Å². The second kappa shape index (κ2) is 7.86. The lowest BCUT2D eigenvalue weighted by Gasteiger charge is -2.30. The number of piperidine rings is 1. The van der Waals surface area contributed by atoms with Gasteiger partial charge in [-0.05, 0) is 43.2 Å². The van der Waals surface area contributed by atoms with Gasteiger partial charge in [0.2, 0.25) is 5.91 Å². The molecule has 1 aromatic carbocycles. The summed E-state index contributed by atoms with van der Waals surface area (Å²) in [5, 5.41) is 0. The molecule has 0 radical (unpaired) electrons. The van der Waals surface area contributed by atoms with Crippen molar-refractivity contribution in [2.45, 2.75) is 12.8 Å². The van der Waals surface area contributed by atoms with E-state index in [0.29, 0.717) is 31.5 Å². The maximum absolute atomic E-state index is 12.2. The van der Waals surface area contributed by atoms with E-state index in [2.05, 4.69) is 0 Å². The highest BCUT2D eigenvalue weighted by atomic mass is 16.5. The fourth-order valence-electron chi connectivity index (χ4n) is 3.02. The molecule has 1 saturated heterocycles. The molecule has 2 heterocycles. The zero-order valence-electron chi connectivity index (χ0n) is 14.3. The van der Waals surface area contributed by atoms with Crippen molar-refractivity contribution in [2.75, 3.05) is 19.7 Å². The molecule has 136 valence electrons. The van der Waals surface area contributed by atoms with Crippen LogP contribution < -0.4 is 5.73 Å². The Morgan fingerprint density at radius 3 is 2.42 bits per heavy atom. The van der Waals surface area contributed by atoms with Gasteiger partial charge in [0.05, 0.1) is 5.56 Å². The van der Waals surface area contributed by atoms with Crippen molar-refractivity contribution in [3.05, 3.63) is 54.4 Å². The maximum Gasteiger partial charge on any atom is 0.338 e. The van der Waals surface area contributed by atoms with Crippen molar-refractivity contribution in [1.82, 2.24) is 9.47 Å². The zero-order valence-corrected chi connectivity index (χ0v) is 14.3. The van der Waals surface area contributed by atoms with Gasteiger partial charge in [-0.3, -0.25) is 9.59 Å². The first-order valence-electron chi connectivity index (χ1n) is 8.52. The minimum Gasteiger partial charge on any atom is -0.452 e. The second-order valence-corrected chi connectivity index (χ2v) is 6.27. The van der Waals surface area contributed by atoms with E-state index in [4.69, 9.17) is 10.5 Å². The van der Waals surface area contributed by atoms with Gasteiger partial charge in [0.15, 0.2) is 6.61 Å². The standard InChI is InChI=1S/C19H21N3O4/c20-18(24)14-6-10-22(11-7-14)17(23)13-26-19(25)15-4-3-5-16(12-15)21-8-1-2-9-21/h1-5,8-9,12,14H,6-7,10-11,13H2,(H2,20,24). The SMILES string of the molecule is NC(=O)C1CCN(C(=O)COC(=O)c2cccc(-n3cccc3)c2)CC1. The third-order valence-corrected chi connectivity index (χ3v) is 4.56. The number of primary amides is 1. The topological polar surface area (TPSA) is 94.6 Å². The summed E-state index contributed by atoms with van der Waals surface area (Å²) in [5.41, 5.74) is 6.51. The van der Waals surface area contributed by atoms with Gasteiger partial charge in [-0.25, -0.2) is 4.79 Å². The van der Waals surface area contributed by atoms with Gasteiger partial charge in [-0.1, -0.05) is 6.07 Å². The van der Waals surface area contributed by atoms with E-state index in [1.807, 2.05) is 35.2 Å². The molecule has 0 saturated carbocycles. The number of carbonyl (C=O) groups is 3. The highest BCUT2D eigenvalue weighted by Gasteiger charge is 2.26. The molecular formula is C19H21N3O4. The Morgan fingerprint density at radius 2 is 1.77 bits per heavy atom. The van der Waals surface area contributed by atoms with E-state index in [1.54, 1.807) is 23.1 Å². The lowest BCUT2D eigenvalue weighted by Crippen LogP contribution is -2.43. The van der Waals surface area contributed by atoms with Crippen molar-refractivity contribution in [3.63, 3.8) is 0 Å². The number of benzene rings is 1. The van der Waals surface area contributed by atoms with Crippen LogP contribution in [0.5, 0.6) is 0 Å². The van der Waals surface area contributed by atoms with Crippen LogP contribution in [0.3, 0.4) is 0 Å². The summed E-state index contributed by atoms with van der Waals surface area (Å²) in [5.74, 6) is -1.31. The lowest BCUT2D eigenvalue weighted by atomic mass is 9.96. The molecule has 7 nitrogen and oxygen atoms in total. The molecule has 1 aliphatic rings. The van der Waals surface area contributed by atoms with E-state index in [1.165, 1.54) is 0 Å². The molecular weight excluding hydrogens is 334 g/mol. The first-order chi connectivity index (χ1) is 12.5. The largest absolute Gasteiger partial charge is 0.452 e. The fraction of sp³-hybridized carbons (Fsp3) is 0.316. The summed E-state index contributed by atoms with van der Waals surface area (Å²) < 4.78 is 7.04. The van der Waals surface area contributed by atoms with E-state index in [9.17, 15) is 14.4 Å². The number of carbonyl (C=O) groups excluding carboxylic acids is 3. The molecule has 0 unspecified atom stereocenters. The van der Waals surface area contributed by atoms with Crippen LogP contribution in [-0.4, -0.2) is 46.9 Å². The number of ether oxygens (including phenoxy) is 1. The van der Waals surface area contributed by atoms with Crippen LogP contribution in [-0.2, 0) is 14.3 Å². The van der Waals surface area contributed by atoms with Gasteiger partial charge in [-0.15, -0.1) is 0 Å². The Hall–Kier alpha value is -3.09. The number of rotatable bonds is 5. The molecule has 1 fully saturated rings. The number of hydrogen-bond acceptors (Lipinski definition) is 4. The predicted molar refractivity (Wildman–Crippen MR) is 94.5 cm³/mol. The number of hydrogen-bond donors (Lipinski definition) is 1. The number of aromatic nitrogens is 1. The summed E-state index contributed by atoms with van der Waals surface area (Å²) in [6, 6.07) is 10.8. The van der Waals surface area contributed by atoms with Crippen molar-refractivity contribution in [1.29, 1.82) is 0 Å². The minimum absolute atomic E-state index is 0.182. The zero-order chi connectivity index (χ0) is 18.5. The van der Waals surface area contributed by atoms with Crippen molar-refractivity contribution in [2.24, 2.45) is 11.7 Å². The molecule has 2 amide bonds. The Balaban J connectivity index is 1.53. The lowest BCUT2D eigenvalue weighted by molar-refractivity contribution is -0.137. The smallest absolute Gasteiger partial charge is 0.338 e. The average Bonchev–Trinajstić information content (AvgIpc) is 3.21. The van der Waals surface area contributed by atoms with E-state index >= 15 is 0 Å². The van der Waals surface area contributed by atoms with Gasteiger partial charge >= 0.3 is 5.97 Å². The quantitative estimate of drug-likeness (QED) is 0.819. The van der Waals surface area contributed by atoms with E-state index in [-0.39, 0.29) is 24.3 Å². The summed E-state index contributed by atoms with van der Waals surface area (Å²) in [7, 11) is 0. The van der Waals surface area contributed by atoms with Crippen LogP contribution in [0.15, 0.2) is 48.8 Å². The molecule has 3 rings (SSSR count). The molecule has 1 aliphatic heterocycles. The number of likely N-dealkylation sites (tertiary alicyclic amines) is 1. The minimum atomic E-state index is -0.542. The Kier molecular flexibility index (Phi) is 5.36. The predicted octanol–water partition coefficient (Wildman–Crippen LogP) is 1.36. The maximum atomic E-state index is 12.2. The van der Waals surface area contributed by atoms with Gasteiger partial charge < -0.3 is 19.9 Å². The monoisotopic (exact) mass is 355 g/mol. The summed E-state index contributed by atoms with van der Waals surface area (Å²) >= 11 is 0. The number of amides is 2. The molecule has 26 heavy (non-hydrogen) atoms. The second-order valence-electron chi connectivity index (χ2n) is 6.27. The van der Waals surface area contributed by atoms with E-state index in [0.717, 1.165) is 5.69 Å². The highest BCUT2D eigenvalue weighted by Crippen LogP contribution is 2.17. The molecule has 2 aromatic rings. The van der Waals surface area contributed by atoms with Crippen LogP contribution in [0.25, 0.3) is 5.69 Å². The molecule has 0 spiro atoms. The first-order valence-corrected chi connectivity index (χ1v) is 8.52. The average molecular weight is 355 g/mol. The Bertz CT molecular complexity index is 793. The van der Waals surface area contributed by atoms with E-state index < -0.39 is 5.97 Å². The Morgan fingerprint density at radius 1 is 1.08 bits per heavy atom. The first kappa shape index (κ1) is 17.7. The third kappa shape index (κ3) is 4.11. The van der Waals surface area contributed by atoms with Gasteiger partial charge in [-0.2, -0.15) is 0 Å². The number of nitrogens with zero attached hydrogens (tertiary/aromatic N) is 2. The molecule has 1 aromatic heterocycles. The van der Waals surface area contributed by atoms with Gasteiger partial charge in [0.1, 0.15) is 0 Å². The van der Waals surface area contributed by atoms with Crippen LogP contribution in [0.2, 0.25) is 0 Å². The van der Waals surface area contributed by atoms with Crippen LogP contribution in [0.4, 0.5) is 0 Å². The summed E-state index contributed by atoms with van der Waals surface area (Å²) in [6.07, 6.45) is 4.86. The number of esters is 1. The highest BCUT2D eigenvalue weighted by molar-refractivity contribution is 5.92. The fourth-order valence-corrected chi connectivity index (χ4v) is 3.02.